The van der Waals surface area contributed by atoms with Crippen molar-refractivity contribution in [3.8, 4) is 11.4 Å². The highest BCUT2D eigenvalue weighted by Gasteiger charge is 2.26. The van der Waals surface area contributed by atoms with Crippen LogP contribution in [0.3, 0.4) is 0 Å². The number of nitrogens with one attached hydrogen (secondary N) is 2. The summed E-state index contributed by atoms with van der Waals surface area (Å²) in [4.78, 5) is 0. The fraction of sp³-hybridized carbons (Fsp3) is 0.381. The zero-order valence-electron chi connectivity index (χ0n) is 16.6. The van der Waals surface area contributed by atoms with Crippen molar-refractivity contribution in [2.75, 3.05) is 13.7 Å². The van der Waals surface area contributed by atoms with E-state index in [2.05, 4.69) is 50.4 Å². The van der Waals surface area contributed by atoms with E-state index >= 15 is 0 Å². The molecule has 152 valence electrons. The molecule has 2 N–H and O–H groups in total. The number of tetrazole rings is 1. The van der Waals surface area contributed by atoms with Gasteiger partial charge in [0.1, 0.15) is 5.75 Å². The van der Waals surface area contributed by atoms with Crippen LogP contribution in [0.2, 0.25) is 5.02 Å². The molecule has 1 aromatic heterocycles. The third kappa shape index (κ3) is 4.27. The number of piperidine rings is 1. The molecule has 1 saturated heterocycles. The number of methoxy groups -OCH3 is 1. The zero-order valence-corrected chi connectivity index (χ0v) is 17.4. The highest BCUT2D eigenvalue weighted by atomic mass is 35.5. The van der Waals surface area contributed by atoms with E-state index in [-0.39, 0.29) is 6.04 Å². The number of hydrogen-bond donors (Lipinski definition) is 2. The van der Waals surface area contributed by atoms with Crippen molar-refractivity contribution in [3.05, 3.63) is 64.4 Å². The molecule has 1 aliphatic heterocycles. The van der Waals surface area contributed by atoms with Crippen LogP contribution in [-0.4, -0.2) is 39.9 Å². The number of ether oxygens (including phenoxy) is 1. The Balaban J connectivity index is 1.58. The Morgan fingerprint density at radius 1 is 1.28 bits per heavy atom. The number of hydrogen-bond acceptors (Lipinski definition) is 6. The summed E-state index contributed by atoms with van der Waals surface area (Å²) in [5.74, 6) is 1.37. The van der Waals surface area contributed by atoms with E-state index in [4.69, 9.17) is 16.3 Å². The molecular weight excluding hydrogens is 388 g/mol. The minimum atomic E-state index is 0.274. The highest BCUT2D eigenvalue weighted by molar-refractivity contribution is 6.32. The van der Waals surface area contributed by atoms with Gasteiger partial charge < -0.3 is 15.4 Å². The molecule has 0 unspecified atom stereocenters. The van der Waals surface area contributed by atoms with Crippen LogP contribution in [0.4, 0.5) is 0 Å². The molecule has 3 aromatic rings. The molecule has 29 heavy (non-hydrogen) atoms. The topological polar surface area (TPSA) is 76.9 Å². The van der Waals surface area contributed by atoms with Crippen molar-refractivity contribution >= 4 is 11.6 Å². The zero-order chi connectivity index (χ0) is 20.2. The first-order valence-electron chi connectivity index (χ1n) is 9.81. The normalized spacial score (nSPS) is 19.3. The molecule has 1 fully saturated rings. The van der Waals surface area contributed by atoms with Gasteiger partial charge in [-0.25, -0.2) is 0 Å². The Bertz CT molecular complexity index is 961. The van der Waals surface area contributed by atoms with E-state index in [0.29, 0.717) is 29.2 Å². The smallest absolute Gasteiger partial charge is 0.153 e. The monoisotopic (exact) mass is 412 g/mol. The standard InChI is InChI=1S/C21H25ClN6O/c1-14-25-26-27-28(14)17-11-16(21(29-2)18(22)12-17)13-24-19-9-6-10-23-20(19)15-7-4-3-5-8-15/h3-5,7-8,11-12,19-20,23-24H,6,9-10,13H2,1-2H3/t19-,20-/m0/s1. The number of nitrogens with zero attached hydrogens (tertiary/aromatic N) is 4. The number of aromatic nitrogens is 4. The Kier molecular flexibility index (Phi) is 6.08. The number of aryl methyl sites for hydroxylation is 1. The third-order valence-electron chi connectivity index (χ3n) is 5.35. The average Bonchev–Trinajstić information content (AvgIpc) is 3.18. The molecule has 2 aromatic carbocycles. The first-order chi connectivity index (χ1) is 14.2. The van der Waals surface area contributed by atoms with Crippen molar-refractivity contribution < 1.29 is 4.74 Å². The maximum absolute atomic E-state index is 6.50. The lowest BCUT2D eigenvalue weighted by atomic mass is 9.92. The van der Waals surface area contributed by atoms with E-state index in [1.165, 1.54) is 5.56 Å². The SMILES string of the molecule is COc1c(Cl)cc(-n2nnnc2C)cc1CN[C@H]1CCCN[C@H]1c1ccccc1. The van der Waals surface area contributed by atoms with Crippen LogP contribution < -0.4 is 15.4 Å². The summed E-state index contributed by atoms with van der Waals surface area (Å²) in [5, 5.41) is 19.6. The molecule has 0 spiro atoms. The molecule has 0 saturated carbocycles. The van der Waals surface area contributed by atoms with E-state index in [1.54, 1.807) is 11.8 Å². The molecule has 1 aliphatic rings. The lowest BCUT2D eigenvalue weighted by molar-refractivity contribution is 0.303. The van der Waals surface area contributed by atoms with Crippen LogP contribution in [0.15, 0.2) is 42.5 Å². The van der Waals surface area contributed by atoms with Crippen molar-refractivity contribution in [2.45, 2.75) is 38.4 Å². The van der Waals surface area contributed by atoms with Gasteiger partial charge in [0.15, 0.2) is 5.82 Å². The van der Waals surface area contributed by atoms with Gasteiger partial charge in [0.05, 0.1) is 17.8 Å². The second-order valence-electron chi connectivity index (χ2n) is 7.23. The summed E-state index contributed by atoms with van der Waals surface area (Å²) in [5.41, 5.74) is 3.09. The van der Waals surface area contributed by atoms with Gasteiger partial charge in [-0.2, -0.15) is 4.68 Å². The first-order valence-corrected chi connectivity index (χ1v) is 10.2. The van der Waals surface area contributed by atoms with Crippen molar-refractivity contribution in [1.82, 2.24) is 30.8 Å². The van der Waals surface area contributed by atoms with E-state index < -0.39 is 0 Å². The summed E-state index contributed by atoms with van der Waals surface area (Å²) >= 11 is 6.50. The maximum Gasteiger partial charge on any atom is 0.153 e. The summed E-state index contributed by atoms with van der Waals surface area (Å²) in [6.45, 7) is 3.52. The summed E-state index contributed by atoms with van der Waals surface area (Å²) in [7, 11) is 1.64. The average molecular weight is 413 g/mol. The Morgan fingerprint density at radius 3 is 2.83 bits per heavy atom. The van der Waals surface area contributed by atoms with Crippen LogP contribution in [0.25, 0.3) is 5.69 Å². The molecule has 8 heteroatoms. The molecule has 0 aliphatic carbocycles. The van der Waals surface area contributed by atoms with E-state index in [1.807, 2.05) is 25.1 Å². The van der Waals surface area contributed by atoms with E-state index in [9.17, 15) is 0 Å². The minimum absolute atomic E-state index is 0.274. The first kappa shape index (κ1) is 19.8. The molecule has 2 atom stereocenters. The molecule has 7 nitrogen and oxygen atoms in total. The van der Waals surface area contributed by atoms with Gasteiger partial charge >= 0.3 is 0 Å². The second kappa shape index (κ2) is 8.90. The van der Waals surface area contributed by atoms with Gasteiger partial charge in [0, 0.05) is 24.2 Å². The van der Waals surface area contributed by atoms with Gasteiger partial charge in [0.2, 0.25) is 0 Å². The third-order valence-corrected chi connectivity index (χ3v) is 5.63. The van der Waals surface area contributed by atoms with Crippen molar-refractivity contribution in [1.29, 1.82) is 0 Å². The number of rotatable bonds is 6. The Morgan fingerprint density at radius 2 is 2.10 bits per heavy atom. The quantitative estimate of drug-likeness (QED) is 0.647. The largest absolute Gasteiger partial charge is 0.495 e. The molecular formula is C21H25ClN6O. The second-order valence-corrected chi connectivity index (χ2v) is 7.64. The summed E-state index contributed by atoms with van der Waals surface area (Å²) < 4.78 is 7.25. The predicted molar refractivity (Wildman–Crippen MR) is 113 cm³/mol. The fourth-order valence-electron chi connectivity index (χ4n) is 3.95. The Hall–Kier alpha value is -2.48. The van der Waals surface area contributed by atoms with E-state index in [0.717, 1.165) is 30.6 Å². The molecule has 0 bridgehead atoms. The minimum Gasteiger partial charge on any atom is -0.495 e. The number of benzene rings is 2. The molecule has 0 amide bonds. The summed E-state index contributed by atoms with van der Waals surface area (Å²) in [6.07, 6.45) is 2.25. The predicted octanol–water partition coefficient (Wildman–Crippen LogP) is 3.22. The van der Waals surface area contributed by atoms with Crippen LogP contribution in [0.1, 0.15) is 35.8 Å². The van der Waals surface area contributed by atoms with Crippen LogP contribution in [0.5, 0.6) is 5.75 Å². The van der Waals surface area contributed by atoms with Gasteiger partial charge in [-0.15, -0.1) is 5.10 Å². The number of halogens is 1. The highest BCUT2D eigenvalue weighted by Crippen LogP contribution is 2.32. The van der Waals surface area contributed by atoms with Crippen molar-refractivity contribution in [3.63, 3.8) is 0 Å². The molecule has 0 radical (unpaired) electrons. The van der Waals surface area contributed by atoms with Gasteiger partial charge in [-0.3, -0.25) is 0 Å². The Labute approximate surface area is 175 Å². The van der Waals surface area contributed by atoms with Gasteiger partial charge in [0.25, 0.3) is 0 Å². The lowest BCUT2D eigenvalue weighted by Crippen LogP contribution is -2.45. The van der Waals surface area contributed by atoms with Crippen LogP contribution >= 0.6 is 11.6 Å². The summed E-state index contributed by atoms with van der Waals surface area (Å²) in [6, 6.07) is 15.0. The molecule has 4 rings (SSSR count). The van der Waals surface area contributed by atoms with Crippen molar-refractivity contribution in [2.24, 2.45) is 0 Å². The van der Waals surface area contributed by atoms with Gasteiger partial charge in [-0.05, 0) is 54.4 Å². The molecule has 2 heterocycles. The van der Waals surface area contributed by atoms with Gasteiger partial charge in [-0.1, -0.05) is 41.9 Å². The lowest BCUT2D eigenvalue weighted by Gasteiger charge is -2.34. The fourth-order valence-corrected chi connectivity index (χ4v) is 4.26. The maximum atomic E-state index is 6.50. The van der Waals surface area contributed by atoms with Crippen LogP contribution in [-0.2, 0) is 6.54 Å². The van der Waals surface area contributed by atoms with Crippen LogP contribution in [0, 0.1) is 6.92 Å².